The zero-order valence-electron chi connectivity index (χ0n) is 17.2. The first-order valence-electron chi connectivity index (χ1n) is 10.8. The van der Waals surface area contributed by atoms with Gasteiger partial charge in [0.2, 0.25) is 0 Å². The number of piperidine rings is 1. The highest BCUT2D eigenvalue weighted by Crippen LogP contribution is 2.27. The third kappa shape index (κ3) is 4.21. The smallest absolute Gasteiger partial charge is 0.272 e. The van der Waals surface area contributed by atoms with Gasteiger partial charge < -0.3 is 10.2 Å². The third-order valence-corrected chi connectivity index (χ3v) is 6.21. The molecule has 29 heavy (non-hydrogen) atoms. The molecule has 0 saturated carbocycles. The van der Waals surface area contributed by atoms with Crippen LogP contribution in [-0.4, -0.2) is 45.6 Å². The molecule has 1 aromatic heterocycles. The highest BCUT2D eigenvalue weighted by molar-refractivity contribution is 5.95. The Kier molecular flexibility index (Phi) is 5.97. The lowest BCUT2D eigenvalue weighted by Gasteiger charge is -2.36. The average molecular weight is 395 g/mol. The molecule has 0 radical (unpaired) electrons. The molecule has 1 atom stereocenters. The number of nitrogens with one attached hydrogen (secondary N) is 1. The summed E-state index contributed by atoms with van der Waals surface area (Å²) >= 11 is 0. The summed E-state index contributed by atoms with van der Waals surface area (Å²) in [7, 11) is 1.89. The highest BCUT2D eigenvalue weighted by atomic mass is 16.2. The van der Waals surface area contributed by atoms with Crippen LogP contribution in [0, 0.1) is 0 Å². The molecule has 2 heterocycles. The number of amides is 2. The van der Waals surface area contributed by atoms with Crippen molar-refractivity contribution in [1.29, 1.82) is 0 Å². The van der Waals surface area contributed by atoms with Crippen LogP contribution in [0.2, 0.25) is 0 Å². The molecule has 1 unspecified atom stereocenters. The van der Waals surface area contributed by atoms with E-state index in [9.17, 15) is 9.59 Å². The molecule has 1 fully saturated rings. The van der Waals surface area contributed by atoms with Gasteiger partial charge in [-0.05, 0) is 63.5 Å². The quantitative estimate of drug-likeness (QED) is 0.847. The van der Waals surface area contributed by atoms with Gasteiger partial charge >= 0.3 is 0 Å². The molecule has 1 N–H and O–H groups in total. The van der Waals surface area contributed by atoms with E-state index >= 15 is 0 Å². The van der Waals surface area contributed by atoms with Crippen molar-refractivity contribution >= 4 is 11.8 Å². The predicted octanol–water partition coefficient (Wildman–Crippen LogP) is 3.11. The first kappa shape index (κ1) is 19.7. The van der Waals surface area contributed by atoms with Crippen molar-refractivity contribution in [3.63, 3.8) is 0 Å². The summed E-state index contributed by atoms with van der Waals surface area (Å²) in [4.78, 5) is 27.8. The lowest BCUT2D eigenvalue weighted by atomic mass is 9.94. The Morgan fingerprint density at radius 1 is 1.10 bits per heavy atom. The summed E-state index contributed by atoms with van der Waals surface area (Å²) in [6.07, 6.45) is 8.17. The van der Waals surface area contributed by atoms with E-state index in [1.165, 1.54) is 0 Å². The van der Waals surface area contributed by atoms with Gasteiger partial charge in [0.05, 0.1) is 5.69 Å². The minimum atomic E-state index is -0.0556. The zero-order valence-corrected chi connectivity index (χ0v) is 17.2. The average Bonchev–Trinajstić information content (AvgIpc) is 3.10. The number of carbonyl (C=O) groups is 2. The minimum Gasteiger partial charge on any atom is -0.352 e. The molecule has 6 heteroatoms. The van der Waals surface area contributed by atoms with Crippen LogP contribution in [-0.2, 0) is 19.9 Å². The van der Waals surface area contributed by atoms with Crippen molar-refractivity contribution in [2.75, 3.05) is 13.1 Å². The molecule has 1 aromatic carbocycles. The first-order valence-corrected chi connectivity index (χ1v) is 10.8. The molecule has 2 aliphatic rings. The monoisotopic (exact) mass is 394 g/mol. The number of benzene rings is 1. The molecule has 2 aromatic rings. The molecule has 154 valence electrons. The van der Waals surface area contributed by atoms with Crippen LogP contribution in [0.15, 0.2) is 30.3 Å². The molecule has 0 bridgehead atoms. The van der Waals surface area contributed by atoms with E-state index in [0.29, 0.717) is 12.1 Å². The van der Waals surface area contributed by atoms with Crippen molar-refractivity contribution in [3.8, 4) is 0 Å². The summed E-state index contributed by atoms with van der Waals surface area (Å²) < 4.78 is 1.79. The molecule has 1 aliphatic carbocycles. The second-order valence-electron chi connectivity index (χ2n) is 8.16. The largest absolute Gasteiger partial charge is 0.352 e. The molecular formula is C23H30N4O2. The first-order chi connectivity index (χ1) is 14.1. The predicted molar refractivity (Wildman–Crippen MR) is 112 cm³/mol. The number of fused-ring (bicyclic) bond motifs is 1. The maximum atomic E-state index is 13.5. The molecule has 4 rings (SSSR count). The molecule has 2 amide bonds. The molecule has 1 aliphatic heterocycles. The Labute approximate surface area is 172 Å². The van der Waals surface area contributed by atoms with Crippen LogP contribution >= 0.6 is 0 Å². The summed E-state index contributed by atoms with van der Waals surface area (Å²) in [5.74, 6) is 0.0576. The number of aryl methyl sites for hydroxylation is 2. The van der Waals surface area contributed by atoms with Gasteiger partial charge in [-0.25, -0.2) is 0 Å². The van der Waals surface area contributed by atoms with Crippen LogP contribution in [0.1, 0.15) is 70.6 Å². The normalized spacial score (nSPS) is 18.9. The van der Waals surface area contributed by atoms with Crippen molar-refractivity contribution in [2.24, 2.45) is 7.05 Å². The number of hydrogen-bond acceptors (Lipinski definition) is 3. The molecular weight excluding hydrogens is 364 g/mol. The number of rotatable bonds is 5. The Balaban J connectivity index is 1.42. The van der Waals surface area contributed by atoms with Crippen LogP contribution in [0.4, 0.5) is 0 Å². The van der Waals surface area contributed by atoms with Gasteiger partial charge in [-0.1, -0.05) is 18.2 Å². The van der Waals surface area contributed by atoms with Gasteiger partial charge in [0, 0.05) is 37.3 Å². The minimum absolute atomic E-state index is 0.0556. The SMILES string of the molecule is Cn1nc2c(c1C(=O)N1CCCCC1CCNC(=O)c1ccccc1)CCCC2. The van der Waals surface area contributed by atoms with Crippen LogP contribution < -0.4 is 5.32 Å². The lowest BCUT2D eigenvalue weighted by molar-refractivity contribution is 0.0589. The number of likely N-dealkylation sites (tertiary alicyclic amines) is 1. The molecule has 1 saturated heterocycles. The highest BCUT2D eigenvalue weighted by Gasteiger charge is 2.32. The summed E-state index contributed by atoms with van der Waals surface area (Å²) in [5, 5.41) is 7.63. The van der Waals surface area contributed by atoms with E-state index in [1.54, 1.807) is 4.68 Å². The molecule has 0 spiro atoms. The van der Waals surface area contributed by atoms with Gasteiger partial charge in [-0.3, -0.25) is 14.3 Å². The summed E-state index contributed by atoms with van der Waals surface area (Å²) in [6.45, 7) is 1.36. The second kappa shape index (κ2) is 8.80. The lowest BCUT2D eigenvalue weighted by Crippen LogP contribution is -2.46. The van der Waals surface area contributed by atoms with Gasteiger partial charge in [-0.15, -0.1) is 0 Å². The fourth-order valence-corrected chi connectivity index (χ4v) is 4.70. The van der Waals surface area contributed by atoms with E-state index in [2.05, 4.69) is 10.4 Å². The zero-order chi connectivity index (χ0) is 20.2. The second-order valence-corrected chi connectivity index (χ2v) is 8.16. The maximum Gasteiger partial charge on any atom is 0.272 e. The van der Waals surface area contributed by atoms with Gasteiger partial charge in [0.1, 0.15) is 5.69 Å². The van der Waals surface area contributed by atoms with Crippen LogP contribution in [0.25, 0.3) is 0 Å². The maximum absolute atomic E-state index is 13.5. The topological polar surface area (TPSA) is 67.2 Å². The van der Waals surface area contributed by atoms with E-state index in [-0.39, 0.29) is 17.9 Å². The number of nitrogens with zero attached hydrogens (tertiary/aromatic N) is 3. The summed E-state index contributed by atoms with van der Waals surface area (Å²) in [6, 6.07) is 9.44. The van der Waals surface area contributed by atoms with E-state index in [4.69, 9.17) is 0 Å². The third-order valence-electron chi connectivity index (χ3n) is 6.21. The van der Waals surface area contributed by atoms with Crippen molar-refractivity contribution in [3.05, 3.63) is 52.8 Å². The van der Waals surface area contributed by atoms with E-state index < -0.39 is 0 Å². The van der Waals surface area contributed by atoms with Crippen LogP contribution in [0.5, 0.6) is 0 Å². The Hall–Kier alpha value is -2.63. The van der Waals surface area contributed by atoms with Crippen molar-refractivity contribution in [2.45, 2.75) is 57.4 Å². The van der Waals surface area contributed by atoms with E-state index in [1.807, 2.05) is 42.3 Å². The fraction of sp³-hybridized carbons (Fsp3) is 0.522. The Morgan fingerprint density at radius 3 is 2.72 bits per heavy atom. The fourth-order valence-electron chi connectivity index (χ4n) is 4.70. The summed E-state index contributed by atoms with van der Waals surface area (Å²) in [5.41, 5.74) is 3.71. The van der Waals surface area contributed by atoms with Gasteiger partial charge in [-0.2, -0.15) is 5.10 Å². The number of aromatic nitrogens is 2. The van der Waals surface area contributed by atoms with Crippen LogP contribution in [0.3, 0.4) is 0 Å². The van der Waals surface area contributed by atoms with E-state index in [0.717, 1.165) is 74.9 Å². The van der Waals surface area contributed by atoms with Crippen molar-refractivity contribution in [1.82, 2.24) is 20.0 Å². The number of hydrogen-bond donors (Lipinski definition) is 1. The van der Waals surface area contributed by atoms with Crippen molar-refractivity contribution < 1.29 is 9.59 Å². The number of carbonyl (C=O) groups excluding carboxylic acids is 2. The standard InChI is InChI=1S/C23H30N4O2/c1-26-21(19-12-5-6-13-20(19)25-26)23(29)27-16-8-7-11-18(27)14-15-24-22(28)17-9-3-2-4-10-17/h2-4,9-10,18H,5-8,11-16H2,1H3,(H,24,28). The Morgan fingerprint density at radius 2 is 1.90 bits per heavy atom. The van der Waals surface area contributed by atoms with Gasteiger partial charge in [0.15, 0.2) is 0 Å². The molecule has 6 nitrogen and oxygen atoms in total. The van der Waals surface area contributed by atoms with Gasteiger partial charge in [0.25, 0.3) is 11.8 Å². The Bertz CT molecular complexity index is 875.